The Bertz CT molecular complexity index is 384. The van der Waals surface area contributed by atoms with E-state index in [-0.39, 0.29) is 12.5 Å². The Kier molecular flexibility index (Phi) is 3.68. The predicted molar refractivity (Wildman–Crippen MR) is 67.5 cm³/mol. The molecular formula is C13H20N2O3. The highest BCUT2D eigenvalue weighted by Gasteiger charge is 2.49. The third-order valence-corrected chi connectivity index (χ3v) is 3.78. The second kappa shape index (κ2) is 5.08. The van der Waals surface area contributed by atoms with Crippen molar-refractivity contribution in [2.45, 2.75) is 57.4 Å². The fraction of sp³-hybridized carbons (Fsp3) is 0.769. The van der Waals surface area contributed by atoms with E-state index in [2.05, 4.69) is 11.9 Å². The molecule has 1 heterocycles. The van der Waals surface area contributed by atoms with Gasteiger partial charge in [0.05, 0.1) is 0 Å². The van der Waals surface area contributed by atoms with E-state index >= 15 is 0 Å². The van der Waals surface area contributed by atoms with Gasteiger partial charge in [0.2, 0.25) is 0 Å². The minimum absolute atomic E-state index is 0.0893. The van der Waals surface area contributed by atoms with Crippen molar-refractivity contribution in [3.63, 3.8) is 0 Å². The lowest BCUT2D eigenvalue weighted by molar-refractivity contribution is -0.142. The third-order valence-electron chi connectivity index (χ3n) is 3.78. The van der Waals surface area contributed by atoms with Crippen LogP contribution in [-0.2, 0) is 9.59 Å². The summed E-state index contributed by atoms with van der Waals surface area (Å²) >= 11 is 0. The highest BCUT2D eigenvalue weighted by atomic mass is 16.4. The van der Waals surface area contributed by atoms with Crippen LogP contribution in [0, 0.1) is 0 Å². The zero-order valence-electron chi connectivity index (χ0n) is 10.8. The minimum atomic E-state index is -0.970. The summed E-state index contributed by atoms with van der Waals surface area (Å²) in [4.78, 5) is 29.3. The molecule has 2 aliphatic rings. The highest BCUT2D eigenvalue weighted by molar-refractivity contribution is 6.09. The van der Waals surface area contributed by atoms with E-state index in [0.29, 0.717) is 12.3 Å². The summed E-state index contributed by atoms with van der Waals surface area (Å²) in [5.74, 6) is -0.373. The van der Waals surface area contributed by atoms with Gasteiger partial charge in [-0.2, -0.15) is 0 Å². The maximum atomic E-state index is 12.4. The molecule has 0 aromatic rings. The van der Waals surface area contributed by atoms with Crippen molar-refractivity contribution >= 4 is 17.7 Å². The molecule has 1 aliphatic heterocycles. The van der Waals surface area contributed by atoms with Gasteiger partial charge < -0.3 is 5.11 Å². The largest absolute Gasteiger partial charge is 0.480 e. The van der Waals surface area contributed by atoms with E-state index in [0.717, 1.165) is 38.5 Å². The number of amides is 1. The monoisotopic (exact) mass is 252 g/mol. The Morgan fingerprint density at radius 2 is 2.11 bits per heavy atom. The van der Waals surface area contributed by atoms with Crippen molar-refractivity contribution in [1.29, 1.82) is 0 Å². The molecule has 0 unspecified atom stereocenters. The summed E-state index contributed by atoms with van der Waals surface area (Å²) in [6.07, 6.45) is 6.24. The topological polar surface area (TPSA) is 70.0 Å². The van der Waals surface area contributed by atoms with Gasteiger partial charge in [-0.15, -0.1) is 0 Å². The lowest BCUT2D eigenvalue weighted by Gasteiger charge is -2.20. The van der Waals surface area contributed by atoms with Gasteiger partial charge in [-0.25, -0.2) is 0 Å². The van der Waals surface area contributed by atoms with Crippen molar-refractivity contribution in [2.75, 3.05) is 6.54 Å². The molecule has 0 aromatic carbocycles. The Labute approximate surface area is 107 Å². The number of carboxylic acid groups (broad SMARTS) is 1. The van der Waals surface area contributed by atoms with Crippen LogP contribution in [0.1, 0.15) is 51.9 Å². The lowest BCUT2D eigenvalue weighted by atomic mass is 9.98. The summed E-state index contributed by atoms with van der Waals surface area (Å²) in [5.41, 5.74) is -0.613. The predicted octanol–water partition coefficient (Wildman–Crippen LogP) is 1.81. The van der Waals surface area contributed by atoms with Gasteiger partial charge in [-0.1, -0.05) is 26.2 Å². The first kappa shape index (κ1) is 13.1. The van der Waals surface area contributed by atoms with Crippen LogP contribution in [0.4, 0.5) is 0 Å². The molecule has 1 fully saturated rings. The maximum absolute atomic E-state index is 12.4. The zero-order chi connectivity index (χ0) is 13.2. The number of aliphatic imine (C=N–C) groups is 1. The second-order valence-electron chi connectivity index (χ2n) is 5.16. The number of hydrogen-bond donors (Lipinski definition) is 1. The molecule has 5 heteroatoms. The Balaban J connectivity index is 2.19. The SMILES string of the molecule is CCCCC1=NC2(CCCC2)C(=O)N1CC(=O)O. The molecule has 0 radical (unpaired) electrons. The number of rotatable bonds is 5. The average Bonchev–Trinajstić information content (AvgIpc) is 2.88. The smallest absolute Gasteiger partial charge is 0.323 e. The first-order valence-corrected chi connectivity index (χ1v) is 6.71. The second-order valence-corrected chi connectivity index (χ2v) is 5.16. The van der Waals surface area contributed by atoms with E-state index in [1.807, 2.05) is 0 Å². The van der Waals surface area contributed by atoms with Crippen molar-refractivity contribution < 1.29 is 14.7 Å². The average molecular weight is 252 g/mol. The quantitative estimate of drug-likeness (QED) is 0.811. The fourth-order valence-corrected chi connectivity index (χ4v) is 2.83. The van der Waals surface area contributed by atoms with Crippen LogP contribution in [-0.4, -0.2) is 39.8 Å². The van der Waals surface area contributed by atoms with Gasteiger partial charge >= 0.3 is 5.97 Å². The van der Waals surface area contributed by atoms with Crippen LogP contribution in [0.25, 0.3) is 0 Å². The molecule has 18 heavy (non-hydrogen) atoms. The van der Waals surface area contributed by atoms with Gasteiger partial charge in [0, 0.05) is 6.42 Å². The third kappa shape index (κ3) is 2.26. The van der Waals surface area contributed by atoms with Crippen molar-refractivity contribution in [3.8, 4) is 0 Å². The summed E-state index contributed by atoms with van der Waals surface area (Å²) in [7, 11) is 0. The van der Waals surface area contributed by atoms with E-state index in [4.69, 9.17) is 5.11 Å². The van der Waals surface area contributed by atoms with Crippen LogP contribution in [0.15, 0.2) is 4.99 Å². The standard InChI is InChI=1S/C13H20N2O3/c1-2-3-6-10-14-13(7-4-5-8-13)12(18)15(10)9-11(16)17/h2-9H2,1H3,(H,16,17). The van der Waals surface area contributed by atoms with E-state index < -0.39 is 11.5 Å². The molecule has 0 bridgehead atoms. The fourth-order valence-electron chi connectivity index (χ4n) is 2.83. The van der Waals surface area contributed by atoms with Crippen LogP contribution in [0.3, 0.4) is 0 Å². The molecular weight excluding hydrogens is 232 g/mol. The van der Waals surface area contributed by atoms with E-state index in [1.165, 1.54) is 4.90 Å². The number of carbonyl (C=O) groups is 2. The number of amidine groups is 1. The molecule has 1 N–H and O–H groups in total. The molecule has 1 saturated carbocycles. The Morgan fingerprint density at radius 3 is 2.67 bits per heavy atom. The summed E-state index contributed by atoms with van der Waals surface area (Å²) in [6.45, 7) is 1.83. The highest BCUT2D eigenvalue weighted by Crippen LogP contribution is 2.39. The molecule has 2 rings (SSSR count). The molecule has 1 amide bonds. The molecule has 0 atom stereocenters. The Hall–Kier alpha value is -1.39. The lowest BCUT2D eigenvalue weighted by Crippen LogP contribution is -2.43. The molecule has 1 aliphatic carbocycles. The maximum Gasteiger partial charge on any atom is 0.323 e. The minimum Gasteiger partial charge on any atom is -0.480 e. The van der Waals surface area contributed by atoms with Gasteiger partial charge in [-0.3, -0.25) is 19.5 Å². The van der Waals surface area contributed by atoms with Gasteiger partial charge in [0.25, 0.3) is 5.91 Å². The van der Waals surface area contributed by atoms with Crippen molar-refractivity contribution in [1.82, 2.24) is 4.90 Å². The number of hydrogen-bond acceptors (Lipinski definition) is 3. The van der Waals surface area contributed by atoms with Crippen molar-refractivity contribution in [3.05, 3.63) is 0 Å². The first-order chi connectivity index (χ1) is 8.59. The number of carboxylic acids is 1. The molecule has 0 saturated heterocycles. The number of unbranched alkanes of at least 4 members (excludes halogenated alkanes) is 1. The molecule has 0 aromatic heterocycles. The zero-order valence-corrected chi connectivity index (χ0v) is 10.8. The van der Waals surface area contributed by atoms with Crippen LogP contribution >= 0.6 is 0 Å². The van der Waals surface area contributed by atoms with Crippen LogP contribution in [0.5, 0.6) is 0 Å². The van der Waals surface area contributed by atoms with Crippen LogP contribution in [0.2, 0.25) is 0 Å². The number of aliphatic carboxylic acids is 1. The van der Waals surface area contributed by atoms with Crippen molar-refractivity contribution in [2.24, 2.45) is 4.99 Å². The Morgan fingerprint density at radius 1 is 1.44 bits per heavy atom. The summed E-state index contributed by atoms with van der Waals surface area (Å²) in [6, 6.07) is 0. The summed E-state index contributed by atoms with van der Waals surface area (Å²) < 4.78 is 0. The van der Waals surface area contributed by atoms with E-state index in [1.54, 1.807) is 0 Å². The molecule has 5 nitrogen and oxygen atoms in total. The number of carbonyl (C=O) groups excluding carboxylic acids is 1. The van der Waals surface area contributed by atoms with Gasteiger partial charge in [0.1, 0.15) is 17.9 Å². The molecule has 100 valence electrons. The normalized spacial score (nSPS) is 21.7. The van der Waals surface area contributed by atoms with Gasteiger partial charge in [-0.05, 0) is 19.3 Å². The first-order valence-electron chi connectivity index (χ1n) is 6.71. The van der Waals surface area contributed by atoms with Crippen LogP contribution < -0.4 is 0 Å². The summed E-state index contributed by atoms with van der Waals surface area (Å²) in [5, 5.41) is 8.92. The van der Waals surface area contributed by atoms with Gasteiger partial charge in [0.15, 0.2) is 0 Å². The number of nitrogens with zero attached hydrogens (tertiary/aromatic N) is 2. The van der Waals surface area contributed by atoms with E-state index in [9.17, 15) is 9.59 Å². The molecule has 1 spiro atoms.